The van der Waals surface area contributed by atoms with E-state index in [2.05, 4.69) is 0 Å². The Morgan fingerprint density at radius 1 is 1.00 bits per heavy atom. The molecule has 5 nitrogen and oxygen atoms in total. The molecule has 1 aliphatic heterocycles. The van der Waals surface area contributed by atoms with Gasteiger partial charge in [-0.2, -0.15) is 0 Å². The van der Waals surface area contributed by atoms with Crippen molar-refractivity contribution in [3.8, 4) is 11.5 Å². The van der Waals surface area contributed by atoms with Crippen molar-refractivity contribution in [3.63, 3.8) is 0 Å². The third kappa shape index (κ3) is 5.21. The molecule has 0 aliphatic carbocycles. The second-order valence-electron chi connectivity index (χ2n) is 9.73. The lowest BCUT2D eigenvalue weighted by Gasteiger charge is -2.26. The monoisotopic (exact) mass is 480 g/mol. The molecule has 0 spiro atoms. The molecule has 3 aromatic rings. The van der Waals surface area contributed by atoms with Gasteiger partial charge in [0.05, 0.1) is 17.9 Å². The van der Waals surface area contributed by atoms with Gasteiger partial charge in [0.15, 0.2) is 0 Å². The smallest absolute Gasteiger partial charge is 0.316 e. The molecule has 2 aromatic carbocycles. The molecule has 1 N–H and O–H groups in total. The Morgan fingerprint density at radius 3 is 2.24 bits per heavy atom. The first-order chi connectivity index (χ1) is 16.0. The number of ether oxygens (including phenoxy) is 2. The zero-order chi connectivity index (χ0) is 24.6. The Labute approximate surface area is 205 Å². The van der Waals surface area contributed by atoms with Crippen LogP contribution in [0.1, 0.15) is 49.0 Å². The van der Waals surface area contributed by atoms with Crippen LogP contribution in [0.2, 0.25) is 5.02 Å². The van der Waals surface area contributed by atoms with Gasteiger partial charge in [-0.05, 0) is 99.8 Å². The van der Waals surface area contributed by atoms with Gasteiger partial charge in [0.1, 0.15) is 28.8 Å². The van der Waals surface area contributed by atoms with Gasteiger partial charge in [0, 0.05) is 17.0 Å². The summed E-state index contributed by atoms with van der Waals surface area (Å²) < 4.78 is 17.8. The fraction of sp³-hybridized carbons (Fsp3) is 0.321. The molecule has 1 aliphatic rings. The van der Waals surface area contributed by atoms with Crippen LogP contribution in [-0.2, 0) is 22.4 Å². The maximum Gasteiger partial charge on any atom is 0.316 e. The number of hydrogen-bond donors (Lipinski definition) is 1. The average Bonchev–Trinajstić information content (AvgIpc) is 3.18. The molecule has 34 heavy (non-hydrogen) atoms. The predicted octanol–water partition coefficient (Wildman–Crippen LogP) is 6.80. The van der Waals surface area contributed by atoms with Crippen LogP contribution in [-0.4, -0.2) is 17.2 Å². The fourth-order valence-electron chi connectivity index (χ4n) is 4.07. The summed E-state index contributed by atoms with van der Waals surface area (Å²) in [7, 11) is 0. The summed E-state index contributed by atoms with van der Waals surface area (Å²) >= 11 is 5.98. The maximum atomic E-state index is 12.8. The molecule has 0 amide bonds. The molecule has 1 atom stereocenters. The van der Waals surface area contributed by atoms with Gasteiger partial charge in [-0.3, -0.25) is 4.79 Å². The van der Waals surface area contributed by atoms with Gasteiger partial charge < -0.3 is 19.0 Å². The lowest BCUT2D eigenvalue weighted by molar-refractivity contribution is -0.148. The number of fused-ring (bicyclic) bond motifs is 2. The van der Waals surface area contributed by atoms with Crippen LogP contribution in [0.3, 0.4) is 0 Å². The van der Waals surface area contributed by atoms with Crippen molar-refractivity contribution in [2.24, 2.45) is 5.41 Å². The highest BCUT2D eigenvalue weighted by Crippen LogP contribution is 2.37. The minimum Gasteiger partial charge on any atom is -0.466 e. The largest absolute Gasteiger partial charge is 0.466 e. The van der Waals surface area contributed by atoms with Gasteiger partial charge in [0.25, 0.3) is 0 Å². The molecule has 6 heteroatoms. The van der Waals surface area contributed by atoms with Crippen LogP contribution >= 0.6 is 11.6 Å². The summed E-state index contributed by atoms with van der Waals surface area (Å²) in [6.45, 7) is 9.34. The topological polar surface area (TPSA) is 68.9 Å². The van der Waals surface area contributed by atoms with Crippen molar-refractivity contribution in [3.05, 3.63) is 87.5 Å². The van der Waals surface area contributed by atoms with E-state index in [-0.39, 0.29) is 18.8 Å². The van der Waals surface area contributed by atoms with Gasteiger partial charge in [-0.25, -0.2) is 0 Å². The summed E-state index contributed by atoms with van der Waals surface area (Å²) in [4.78, 5) is 12.8. The third-order valence-corrected chi connectivity index (χ3v) is 5.99. The molecule has 178 valence electrons. The summed E-state index contributed by atoms with van der Waals surface area (Å²) in [6.07, 6.45) is -0.341. The molecular weight excluding hydrogens is 452 g/mol. The Kier molecular flexibility index (Phi) is 6.61. The molecule has 4 rings (SSSR count). The number of aryl methyl sites for hydroxylation is 2. The summed E-state index contributed by atoms with van der Waals surface area (Å²) in [5, 5.41) is 11.9. The first-order valence-electron chi connectivity index (χ1n) is 11.3. The van der Waals surface area contributed by atoms with Crippen LogP contribution < -0.4 is 4.74 Å². The van der Waals surface area contributed by atoms with Crippen molar-refractivity contribution < 1.29 is 23.8 Å². The van der Waals surface area contributed by atoms with E-state index in [0.717, 1.165) is 16.7 Å². The van der Waals surface area contributed by atoms with Crippen molar-refractivity contribution in [2.45, 2.75) is 53.6 Å². The Morgan fingerprint density at radius 2 is 1.62 bits per heavy atom. The number of carbonyl (C=O) groups excluding carboxylic acids is 1. The molecule has 0 saturated carbocycles. The van der Waals surface area contributed by atoms with Gasteiger partial charge in [-0.15, -0.1) is 0 Å². The number of allylic oxidation sites excluding steroid dienone is 1. The van der Waals surface area contributed by atoms with E-state index in [4.69, 9.17) is 25.5 Å². The van der Waals surface area contributed by atoms with E-state index in [0.29, 0.717) is 39.4 Å². The number of aliphatic hydroxyl groups excluding tert-OH is 1. The van der Waals surface area contributed by atoms with E-state index in [1.165, 1.54) is 0 Å². The summed E-state index contributed by atoms with van der Waals surface area (Å²) in [5.74, 6) is 2.77. The zero-order valence-electron chi connectivity index (χ0n) is 20.1. The molecule has 2 bridgehead atoms. The van der Waals surface area contributed by atoms with Crippen LogP contribution in [0.5, 0.6) is 11.5 Å². The lowest BCUT2D eigenvalue weighted by atomic mass is 9.88. The number of halogens is 1. The van der Waals surface area contributed by atoms with Crippen molar-refractivity contribution in [2.75, 3.05) is 0 Å². The average molecular weight is 481 g/mol. The van der Waals surface area contributed by atoms with E-state index >= 15 is 0 Å². The Hall–Kier alpha value is -3.02. The van der Waals surface area contributed by atoms with Gasteiger partial charge >= 0.3 is 5.97 Å². The molecule has 0 radical (unpaired) electrons. The molecule has 1 aromatic heterocycles. The highest BCUT2D eigenvalue weighted by Gasteiger charge is 2.31. The number of carbonyl (C=O) groups is 1. The summed E-state index contributed by atoms with van der Waals surface area (Å²) in [6, 6.07) is 14.7. The second-order valence-corrected chi connectivity index (χ2v) is 10.2. The third-order valence-electron chi connectivity index (χ3n) is 5.73. The number of esters is 1. The van der Waals surface area contributed by atoms with Crippen LogP contribution in [0.25, 0.3) is 5.57 Å². The molecule has 0 fully saturated rings. The predicted molar refractivity (Wildman–Crippen MR) is 132 cm³/mol. The second kappa shape index (κ2) is 9.32. The van der Waals surface area contributed by atoms with E-state index in [9.17, 15) is 9.90 Å². The Bertz CT molecular complexity index is 1220. The number of benzene rings is 2. The minimum atomic E-state index is -0.900. The van der Waals surface area contributed by atoms with E-state index in [1.54, 1.807) is 32.9 Å². The van der Waals surface area contributed by atoms with Crippen molar-refractivity contribution in [1.82, 2.24) is 0 Å². The van der Waals surface area contributed by atoms with Crippen molar-refractivity contribution in [1.29, 1.82) is 0 Å². The number of aliphatic hydroxyl groups is 1. The zero-order valence-corrected chi connectivity index (χ0v) is 20.8. The lowest BCUT2D eigenvalue weighted by Crippen LogP contribution is -2.26. The highest BCUT2D eigenvalue weighted by atomic mass is 35.5. The van der Waals surface area contributed by atoms with Crippen LogP contribution in [0, 0.1) is 19.3 Å². The van der Waals surface area contributed by atoms with E-state index < -0.39 is 11.5 Å². The number of furan rings is 1. The molecular formula is C28H29ClO5. The first kappa shape index (κ1) is 24.1. The normalized spacial score (nSPS) is 16.1. The highest BCUT2D eigenvalue weighted by molar-refractivity contribution is 6.30. The first-order valence-corrected chi connectivity index (χ1v) is 11.6. The Balaban J connectivity index is 1.79. The standard InChI is InChI=1S/C28H29ClO5/c1-16-12-22(32-19-8-6-18(29)7-9-19)13-17(2)25(16)26-23(30)14-20-10-11-21(33-20)15-24(26)34-27(31)28(3,4)5/h6-13,23,30H,14-15H2,1-5H3. The van der Waals surface area contributed by atoms with Crippen molar-refractivity contribution >= 4 is 23.1 Å². The summed E-state index contributed by atoms with van der Waals surface area (Å²) in [5.41, 5.74) is 2.56. The quantitative estimate of drug-likeness (QED) is 0.416. The van der Waals surface area contributed by atoms with Gasteiger partial charge in [0.2, 0.25) is 0 Å². The maximum absolute atomic E-state index is 12.8. The van der Waals surface area contributed by atoms with E-state index in [1.807, 2.05) is 50.2 Å². The van der Waals surface area contributed by atoms with Crippen LogP contribution in [0.4, 0.5) is 0 Å². The molecule has 1 unspecified atom stereocenters. The fourth-order valence-corrected chi connectivity index (χ4v) is 4.19. The number of hydrogen-bond acceptors (Lipinski definition) is 5. The molecule has 0 saturated heterocycles. The SMILES string of the molecule is Cc1cc(Oc2ccc(Cl)cc2)cc(C)c1C1=C(OC(=O)C(C)(C)C)Cc2ccc(o2)CC1O. The number of rotatable bonds is 4. The molecule has 2 heterocycles. The minimum absolute atomic E-state index is 0.274. The van der Waals surface area contributed by atoms with Gasteiger partial charge in [-0.1, -0.05) is 11.6 Å². The van der Waals surface area contributed by atoms with Crippen LogP contribution in [0.15, 0.2) is 58.7 Å².